The van der Waals surface area contributed by atoms with Crippen molar-refractivity contribution in [1.82, 2.24) is 9.78 Å². The first-order chi connectivity index (χ1) is 7.50. The zero-order valence-corrected chi connectivity index (χ0v) is 10.9. The van der Waals surface area contributed by atoms with Crippen LogP contribution in [-0.2, 0) is 0 Å². The first-order valence-corrected chi connectivity index (χ1v) is 5.74. The Morgan fingerprint density at radius 2 is 1.81 bits per heavy atom. The highest BCUT2D eigenvalue weighted by molar-refractivity contribution is 6.32. The van der Waals surface area contributed by atoms with Crippen molar-refractivity contribution in [3.63, 3.8) is 0 Å². The van der Waals surface area contributed by atoms with Crippen LogP contribution in [0.4, 0.5) is 0 Å². The summed E-state index contributed by atoms with van der Waals surface area (Å²) in [6.07, 6.45) is 0. The van der Waals surface area contributed by atoms with Crippen molar-refractivity contribution in [2.24, 2.45) is 0 Å². The average molecular weight is 255 g/mol. The van der Waals surface area contributed by atoms with Crippen LogP contribution < -0.4 is 0 Å². The average Bonchev–Trinajstić information content (AvgIpc) is 2.50. The minimum Gasteiger partial charge on any atom is -0.222 e. The number of hydrogen-bond acceptors (Lipinski definition) is 1. The van der Waals surface area contributed by atoms with Crippen molar-refractivity contribution in [3.05, 3.63) is 45.2 Å². The van der Waals surface area contributed by atoms with Gasteiger partial charge in [0.1, 0.15) is 5.15 Å². The Bertz CT molecular complexity index is 544. The fraction of sp³-hybridized carbons (Fsp3) is 0.250. The van der Waals surface area contributed by atoms with Gasteiger partial charge < -0.3 is 0 Å². The van der Waals surface area contributed by atoms with E-state index in [1.807, 2.05) is 39.0 Å². The lowest BCUT2D eigenvalue weighted by Gasteiger charge is -2.05. The molecule has 0 saturated heterocycles. The van der Waals surface area contributed by atoms with E-state index < -0.39 is 0 Å². The maximum atomic E-state index is 6.20. The molecule has 0 aliphatic carbocycles. The lowest BCUT2D eigenvalue weighted by molar-refractivity contribution is 0.863. The minimum absolute atomic E-state index is 0.636. The molecule has 0 amide bonds. The van der Waals surface area contributed by atoms with Gasteiger partial charge in [0, 0.05) is 10.6 Å². The zero-order valence-electron chi connectivity index (χ0n) is 9.38. The Labute approximate surface area is 105 Å². The van der Waals surface area contributed by atoms with Gasteiger partial charge in [-0.25, -0.2) is 4.68 Å². The van der Waals surface area contributed by atoms with Crippen molar-refractivity contribution in [2.45, 2.75) is 20.8 Å². The maximum absolute atomic E-state index is 6.20. The highest BCUT2D eigenvalue weighted by Crippen LogP contribution is 2.25. The van der Waals surface area contributed by atoms with Crippen LogP contribution in [0.3, 0.4) is 0 Å². The van der Waals surface area contributed by atoms with Gasteiger partial charge in [-0.3, -0.25) is 0 Å². The van der Waals surface area contributed by atoms with E-state index in [4.69, 9.17) is 23.2 Å². The fourth-order valence-electron chi connectivity index (χ4n) is 1.46. The van der Waals surface area contributed by atoms with Gasteiger partial charge >= 0.3 is 0 Å². The van der Waals surface area contributed by atoms with Gasteiger partial charge in [-0.1, -0.05) is 29.3 Å². The quantitative estimate of drug-likeness (QED) is 0.749. The van der Waals surface area contributed by atoms with E-state index in [0.717, 1.165) is 27.5 Å². The van der Waals surface area contributed by atoms with E-state index in [1.165, 1.54) is 0 Å². The summed E-state index contributed by atoms with van der Waals surface area (Å²) in [5.41, 5.74) is 3.86. The summed E-state index contributed by atoms with van der Waals surface area (Å²) >= 11 is 12.3. The number of halogens is 2. The molecule has 16 heavy (non-hydrogen) atoms. The molecule has 0 bridgehead atoms. The van der Waals surface area contributed by atoms with Crippen LogP contribution >= 0.6 is 23.2 Å². The zero-order chi connectivity index (χ0) is 11.9. The van der Waals surface area contributed by atoms with E-state index >= 15 is 0 Å². The van der Waals surface area contributed by atoms with E-state index in [0.29, 0.717) is 5.15 Å². The molecule has 4 heteroatoms. The molecule has 0 atom stereocenters. The third kappa shape index (κ3) is 1.83. The summed E-state index contributed by atoms with van der Waals surface area (Å²) in [5, 5.41) is 5.74. The van der Waals surface area contributed by atoms with E-state index in [2.05, 4.69) is 5.10 Å². The van der Waals surface area contributed by atoms with Crippen LogP contribution in [-0.4, -0.2) is 9.78 Å². The number of rotatable bonds is 1. The summed E-state index contributed by atoms with van der Waals surface area (Å²) in [7, 11) is 0. The number of nitrogens with zero attached hydrogens (tertiary/aromatic N) is 2. The number of hydrogen-bond donors (Lipinski definition) is 0. The van der Waals surface area contributed by atoms with Gasteiger partial charge in [0.25, 0.3) is 0 Å². The molecule has 84 valence electrons. The molecule has 0 aliphatic rings. The molecule has 2 aromatic rings. The molecular weight excluding hydrogens is 243 g/mol. The van der Waals surface area contributed by atoms with Crippen LogP contribution in [0.15, 0.2) is 18.2 Å². The molecule has 0 radical (unpaired) electrons. The van der Waals surface area contributed by atoms with Crippen molar-refractivity contribution in [3.8, 4) is 5.69 Å². The van der Waals surface area contributed by atoms with Crippen molar-refractivity contribution in [2.75, 3.05) is 0 Å². The Kier molecular flexibility index (Phi) is 2.96. The van der Waals surface area contributed by atoms with Crippen LogP contribution in [0.2, 0.25) is 10.2 Å². The Morgan fingerprint density at radius 1 is 1.12 bits per heavy atom. The van der Waals surface area contributed by atoms with E-state index in [-0.39, 0.29) is 0 Å². The monoisotopic (exact) mass is 254 g/mol. The topological polar surface area (TPSA) is 17.8 Å². The molecule has 0 fully saturated rings. The molecule has 2 rings (SSSR count). The smallest absolute Gasteiger partial charge is 0.136 e. The van der Waals surface area contributed by atoms with Crippen molar-refractivity contribution < 1.29 is 0 Å². The second-order valence-corrected chi connectivity index (χ2v) is 4.61. The van der Waals surface area contributed by atoms with Gasteiger partial charge in [-0.15, -0.1) is 0 Å². The van der Waals surface area contributed by atoms with Crippen molar-refractivity contribution >= 4 is 23.2 Å². The van der Waals surface area contributed by atoms with Crippen LogP contribution in [0.1, 0.15) is 16.8 Å². The molecule has 1 aromatic carbocycles. The second-order valence-electron chi connectivity index (χ2n) is 3.85. The molecule has 1 heterocycles. The van der Waals surface area contributed by atoms with Crippen LogP contribution in [0, 0.1) is 20.8 Å². The highest BCUT2D eigenvalue weighted by Gasteiger charge is 2.11. The van der Waals surface area contributed by atoms with E-state index in [1.54, 1.807) is 4.68 Å². The largest absolute Gasteiger partial charge is 0.222 e. The van der Waals surface area contributed by atoms with Crippen LogP contribution in [0.5, 0.6) is 0 Å². The molecule has 0 aliphatic heterocycles. The molecule has 1 aromatic heterocycles. The summed E-state index contributed by atoms with van der Waals surface area (Å²) < 4.78 is 1.71. The number of aryl methyl sites for hydroxylation is 2. The normalized spacial score (nSPS) is 10.8. The summed E-state index contributed by atoms with van der Waals surface area (Å²) in [4.78, 5) is 0. The van der Waals surface area contributed by atoms with E-state index in [9.17, 15) is 0 Å². The number of benzene rings is 1. The summed E-state index contributed by atoms with van der Waals surface area (Å²) in [6, 6.07) is 5.79. The third-order valence-corrected chi connectivity index (χ3v) is 3.54. The second kappa shape index (κ2) is 4.11. The lowest BCUT2D eigenvalue weighted by Crippen LogP contribution is -1.97. The molecular formula is C12H12Cl2N2. The standard InChI is InChI=1S/C12H12Cl2N2/c1-7-4-5-10(6-11(7)13)16-12(14)8(2)9(3)15-16/h4-6H,1-3H3. The molecule has 0 N–H and O–H groups in total. The highest BCUT2D eigenvalue weighted by atomic mass is 35.5. The predicted molar refractivity (Wildman–Crippen MR) is 67.8 cm³/mol. The SMILES string of the molecule is Cc1ccc(-n2nc(C)c(C)c2Cl)cc1Cl. The minimum atomic E-state index is 0.636. The van der Waals surface area contributed by atoms with Gasteiger partial charge in [0.05, 0.1) is 11.4 Å². The Balaban J connectivity index is 2.59. The summed E-state index contributed by atoms with van der Waals surface area (Å²) in [6.45, 7) is 5.86. The van der Waals surface area contributed by atoms with Crippen molar-refractivity contribution in [1.29, 1.82) is 0 Å². The van der Waals surface area contributed by atoms with Gasteiger partial charge in [0.2, 0.25) is 0 Å². The number of aromatic nitrogens is 2. The van der Waals surface area contributed by atoms with Gasteiger partial charge in [-0.2, -0.15) is 5.10 Å². The molecule has 0 saturated carbocycles. The Hall–Kier alpha value is -0.990. The Morgan fingerprint density at radius 3 is 2.31 bits per heavy atom. The maximum Gasteiger partial charge on any atom is 0.136 e. The van der Waals surface area contributed by atoms with Gasteiger partial charge in [0.15, 0.2) is 0 Å². The van der Waals surface area contributed by atoms with Crippen LogP contribution in [0.25, 0.3) is 5.69 Å². The summed E-state index contributed by atoms with van der Waals surface area (Å²) in [5.74, 6) is 0. The molecule has 0 spiro atoms. The molecule has 2 nitrogen and oxygen atoms in total. The molecule has 0 unspecified atom stereocenters. The third-order valence-electron chi connectivity index (χ3n) is 2.69. The van der Waals surface area contributed by atoms with Gasteiger partial charge in [-0.05, 0) is 38.5 Å². The lowest BCUT2D eigenvalue weighted by atomic mass is 10.2. The fourth-order valence-corrected chi connectivity index (χ4v) is 1.91. The first-order valence-electron chi connectivity index (χ1n) is 4.99. The first kappa shape index (κ1) is 11.5. The predicted octanol–water partition coefficient (Wildman–Crippen LogP) is 4.10.